The van der Waals surface area contributed by atoms with Crippen LogP contribution < -0.4 is 4.74 Å². The van der Waals surface area contributed by atoms with E-state index in [-0.39, 0.29) is 23.5 Å². The predicted molar refractivity (Wildman–Crippen MR) is 115 cm³/mol. The molecule has 0 radical (unpaired) electrons. The van der Waals surface area contributed by atoms with Crippen molar-refractivity contribution in [3.05, 3.63) is 63.7 Å². The minimum Gasteiger partial charge on any atom is -0.478 e. The van der Waals surface area contributed by atoms with Crippen LogP contribution in [0.5, 0.6) is 5.75 Å². The van der Waals surface area contributed by atoms with Gasteiger partial charge in [0.05, 0.1) is 17.2 Å². The summed E-state index contributed by atoms with van der Waals surface area (Å²) in [5.41, 5.74) is -2.39. The van der Waals surface area contributed by atoms with E-state index in [2.05, 4.69) is 0 Å². The number of ether oxygens (including phenoxy) is 2. The van der Waals surface area contributed by atoms with Crippen LogP contribution in [0.4, 0.5) is 26.3 Å². The van der Waals surface area contributed by atoms with E-state index in [1.54, 1.807) is 26.0 Å². The lowest BCUT2D eigenvalue weighted by molar-refractivity contribution is -0.152. The van der Waals surface area contributed by atoms with Crippen molar-refractivity contribution in [2.45, 2.75) is 64.1 Å². The van der Waals surface area contributed by atoms with Gasteiger partial charge in [-0.1, -0.05) is 18.2 Å². The Morgan fingerprint density at radius 3 is 2.03 bits per heavy atom. The summed E-state index contributed by atoms with van der Waals surface area (Å²) in [5, 5.41) is 9.33. The van der Waals surface area contributed by atoms with Crippen molar-refractivity contribution in [3.63, 3.8) is 0 Å². The van der Waals surface area contributed by atoms with E-state index in [0.717, 1.165) is 11.6 Å². The number of hydrogen-bond donors (Lipinski definition) is 1. The average Bonchev–Trinajstić information content (AvgIpc) is 3.50. The third-order valence-corrected chi connectivity index (χ3v) is 6.26. The lowest BCUT2D eigenvalue weighted by atomic mass is 9.93. The molecule has 0 saturated heterocycles. The van der Waals surface area contributed by atoms with Gasteiger partial charge in [0.1, 0.15) is 5.75 Å². The Hall–Kier alpha value is -2.75. The summed E-state index contributed by atoms with van der Waals surface area (Å²) in [6.45, 7) is 6.33. The highest BCUT2D eigenvalue weighted by molar-refractivity contribution is 5.77. The number of carbonyl (C=O) groups is 1. The molecule has 1 fully saturated rings. The van der Waals surface area contributed by atoms with Gasteiger partial charge in [-0.15, -0.1) is 0 Å². The minimum atomic E-state index is -4.99. The second-order valence-corrected chi connectivity index (χ2v) is 9.36. The second kappa shape index (κ2) is 9.04. The Bertz CT molecular complexity index is 1100. The Morgan fingerprint density at radius 1 is 1.00 bits per heavy atom. The van der Waals surface area contributed by atoms with Crippen LogP contribution in [-0.2, 0) is 21.9 Å². The van der Waals surface area contributed by atoms with Gasteiger partial charge in [0.2, 0.25) is 0 Å². The van der Waals surface area contributed by atoms with Crippen molar-refractivity contribution < 1.29 is 45.7 Å². The van der Waals surface area contributed by atoms with Crippen LogP contribution in [0.2, 0.25) is 0 Å². The molecule has 1 aliphatic rings. The van der Waals surface area contributed by atoms with Crippen LogP contribution in [0.15, 0.2) is 30.3 Å². The molecule has 35 heavy (non-hydrogen) atoms. The summed E-state index contributed by atoms with van der Waals surface area (Å²) < 4.78 is 91.2. The lowest BCUT2D eigenvalue weighted by Crippen LogP contribution is -2.38. The second-order valence-electron chi connectivity index (χ2n) is 9.36. The molecule has 3 atom stereocenters. The fraction of sp³-hybridized carbons (Fsp3) is 0.480. The number of aryl methyl sites for hydroxylation is 2. The molecule has 0 aliphatic heterocycles. The van der Waals surface area contributed by atoms with Gasteiger partial charge in [0.25, 0.3) is 0 Å². The van der Waals surface area contributed by atoms with Gasteiger partial charge in [0.15, 0.2) is 5.60 Å². The Morgan fingerprint density at radius 2 is 1.57 bits per heavy atom. The molecule has 0 spiro atoms. The monoisotopic (exact) mass is 504 g/mol. The van der Waals surface area contributed by atoms with Crippen LogP contribution in [0, 0.1) is 19.8 Å². The topological polar surface area (TPSA) is 55.8 Å². The molecule has 0 aromatic heterocycles. The molecule has 3 unspecified atom stereocenters. The maximum absolute atomic E-state index is 13.7. The first-order valence-corrected chi connectivity index (χ1v) is 10.8. The molecule has 1 saturated carbocycles. The summed E-state index contributed by atoms with van der Waals surface area (Å²) in [6.07, 6.45) is -10.5. The van der Waals surface area contributed by atoms with Gasteiger partial charge in [-0.3, -0.25) is 0 Å². The lowest BCUT2D eigenvalue weighted by Gasteiger charge is -2.25. The maximum Gasteiger partial charge on any atom is 0.416 e. The summed E-state index contributed by atoms with van der Waals surface area (Å²) in [4.78, 5) is 11.4. The fourth-order valence-electron chi connectivity index (χ4n) is 4.35. The Kier molecular flexibility index (Phi) is 6.93. The standard InChI is InChI=1S/C25H26F6O4/c1-12-8-14(9-13(2)20(12)35-23(3,4)22(32)33)17-11-18(17)21(34-5)16-7-6-15(24(26,27)28)10-19(16)25(29,30)31/h6-10,17-18,21H,11H2,1-5H3,(H,32,33). The number of aliphatic carboxylic acids is 1. The number of alkyl halides is 6. The molecular weight excluding hydrogens is 478 g/mol. The van der Waals surface area contributed by atoms with E-state index in [1.165, 1.54) is 21.0 Å². The van der Waals surface area contributed by atoms with Gasteiger partial charge in [0, 0.05) is 7.11 Å². The number of benzene rings is 2. The Labute approximate surface area is 198 Å². The smallest absolute Gasteiger partial charge is 0.416 e. The fourth-order valence-corrected chi connectivity index (χ4v) is 4.35. The van der Waals surface area contributed by atoms with Crippen LogP contribution in [0.3, 0.4) is 0 Å². The van der Waals surface area contributed by atoms with Crippen molar-refractivity contribution in [1.82, 2.24) is 0 Å². The molecule has 1 N–H and O–H groups in total. The van der Waals surface area contributed by atoms with Gasteiger partial charge in [-0.05, 0) is 80.3 Å². The molecule has 10 heteroatoms. The van der Waals surface area contributed by atoms with Gasteiger partial charge in [-0.2, -0.15) is 26.3 Å². The molecule has 2 aromatic rings. The number of halogens is 6. The van der Waals surface area contributed by atoms with Crippen molar-refractivity contribution in [3.8, 4) is 5.75 Å². The summed E-state index contributed by atoms with van der Waals surface area (Å²) in [6, 6.07) is 5.18. The number of methoxy groups -OCH3 is 1. The summed E-state index contributed by atoms with van der Waals surface area (Å²) in [7, 11) is 1.24. The third kappa shape index (κ3) is 5.58. The largest absolute Gasteiger partial charge is 0.478 e. The number of rotatable bonds is 7. The first-order valence-electron chi connectivity index (χ1n) is 10.8. The zero-order valence-corrected chi connectivity index (χ0v) is 19.8. The average molecular weight is 504 g/mol. The van der Waals surface area contributed by atoms with Crippen LogP contribution >= 0.6 is 0 Å². The van der Waals surface area contributed by atoms with E-state index in [4.69, 9.17) is 9.47 Å². The highest BCUT2D eigenvalue weighted by Crippen LogP contribution is 2.57. The van der Waals surface area contributed by atoms with E-state index in [0.29, 0.717) is 29.4 Å². The molecule has 2 aromatic carbocycles. The first kappa shape index (κ1) is 26.8. The SMILES string of the molecule is COC(c1ccc(C(F)(F)F)cc1C(F)(F)F)C1CC1c1cc(C)c(OC(C)(C)C(=O)O)c(C)c1. The predicted octanol–water partition coefficient (Wildman–Crippen LogP) is 7.07. The summed E-state index contributed by atoms with van der Waals surface area (Å²) in [5.74, 6) is -1.28. The van der Waals surface area contributed by atoms with Crippen molar-refractivity contribution in [2.75, 3.05) is 7.11 Å². The molecular formula is C25H26F6O4. The van der Waals surface area contributed by atoms with E-state index >= 15 is 0 Å². The van der Waals surface area contributed by atoms with Crippen LogP contribution in [0.1, 0.15) is 65.7 Å². The molecule has 0 amide bonds. The third-order valence-electron chi connectivity index (χ3n) is 6.26. The van der Waals surface area contributed by atoms with Crippen molar-refractivity contribution in [1.29, 1.82) is 0 Å². The molecule has 0 bridgehead atoms. The molecule has 4 nitrogen and oxygen atoms in total. The van der Waals surface area contributed by atoms with Gasteiger partial charge in [-0.25, -0.2) is 4.79 Å². The van der Waals surface area contributed by atoms with Crippen LogP contribution in [-0.4, -0.2) is 23.8 Å². The van der Waals surface area contributed by atoms with Gasteiger partial charge >= 0.3 is 18.3 Å². The highest BCUT2D eigenvalue weighted by atomic mass is 19.4. The molecule has 1 aliphatic carbocycles. The Balaban J connectivity index is 1.92. The summed E-state index contributed by atoms with van der Waals surface area (Å²) >= 11 is 0. The van der Waals surface area contributed by atoms with Crippen molar-refractivity contribution in [2.24, 2.45) is 5.92 Å². The van der Waals surface area contributed by atoms with E-state index in [9.17, 15) is 36.2 Å². The normalized spacial score (nSPS) is 19.4. The molecule has 0 heterocycles. The van der Waals surface area contributed by atoms with Gasteiger partial charge < -0.3 is 14.6 Å². The zero-order chi connectivity index (χ0) is 26.5. The minimum absolute atomic E-state index is 0.128. The number of carboxylic acid groups (broad SMARTS) is 1. The molecule has 192 valence electrons. The van der Waals surface area contributed by atoms with E-state index in [1.807, 2.05) is 0 Å². The number of hydrogen-bond acceptors (Lipinski definition) is 3. The van der Waals surface area contributed by atoms with Crippen molar-refractivity contribution >= 4 is 5.97 Å². The van der Waals surface area contributed by atoms with Crippen LogP contribution in [0.25, 0.3) is 0 Å². The highest BCUT2D eigenvalue weighted by Gasteiger charge is 2.48. The van der Waals surface area contributed by atoms with E-state index < -0.39 is 41.2 Å². The zero-order valence-electron chi connectivity index (χ0n) is 19.8. The molecule has 3 rings (SSSR count). The first-order chi connectivity index (χ1) is 16.0. The quantitative estimate of drug-likeness (QED) is 0.410. The maximum atomic E-state index is 13.7. The number of carboxylic acids is 1.